The molecule has 0 aliphatic rings. The lowest BCUT2D eigenvalue weighted by molar-refractivity contribution is -0.116. The largest absolute Gasteiger partial charge is 0.391 e. The molecule has 2 rings (SSSR count). The summed E-state index contributed by atoms with van der Waals surface area (Å²) in [6.07, 6.45) is 0.368. The van der Waals surface area contributed by atoms with E-state index in [-0.39, 0.29) is 18.0 Å². The van der Waals surface area contributed by atoms with Crippen molar-refractivity contribution in [2.45, 2.75) is 25.9 Å². The van der Waals surface area contributed by atoms with Gasteiger partial charge >= 0.3 is 0 Å². The van der Waals surface area contributed by atoms with Crippen molar-refractivity contribution in [2.75, 3.05) is 23.3 Å². The molecule has 4 nitrogen and oxygen atoms in total. The fourth-order valence-corrected chi connectivity index (χ4v) is 2.72. The first kappa shape index (κ1) is 19.4. The molecule has 0 radical (unpaired) electrons. The third-order valence-electron chi connectivity index (χ3n) is 3.84. The van der Waals surface area contributed by atoms with E-state index in [0.717, 1.165) is 5.69 Å². The molecule has 0 aliphatic carbocycles. The fraction of sp³-hybridized carbons (Fsp3) is 0.316. The summed E-state index contributed by atoms with van der Waals surface area (Å²) >= 11 is 3.18. The van der Waals surface area contributed by atoms with Gasteiger partial charge in [-0.05, 0) is 36.8 Å². The number of benzene rings is 2. The van der Waals surface area contributed by atoms with Gasteiger partial charge in [0.05, 0.1) is 11.8 Å². The lowest BCUT2D eigenvalue weighted by Gasteiger charge is -2.27. The number of para-hydroxylation sites is 1. The van der Waals surface area contributed by atoms with E-state index in [1.807, 2.05) is 42.2 Å². The van der Waals surface area contributed by atoms with Crippen molar-refractivity contribution in [1.82, 2.24) is 0 Å². The van der Waals surface area contributed by atoms with Crippen LogP contribution in [0.4, 0.5) is 15.8 Å². The van der Waals surface area contributed by atoms with E-state index >= 15 is 0 Å². The molecule has 0 saturated carbocycles. The number of carbonyl (C=O) groups excluding carboxylic acids is 1. The monoisotopic (exact) mass is 408 g/mol. The molecule has 0 aromatic heterocycles. The second-order valence-electron chi connectivity index (χ2n) is 5.77. The zero-order chi connectivity index (χ0) is 18.2. The molecule has 134 valence electrons. The van der Waals surface area contributed by atoms with E-state index in [1.165, 1.54) is 12.1 Å². The number of aliphatic hydroxyl groups excluding tert-OH is 1. The highest BCUT2D eigenvalue weighted by molar-refractivity contribution is 9.10. The van der Waals surface area contributed by atoms with Gasteiger partial charge in [-0.2, -0.15) is 0 Å². The Morgan fingerprint density at radius 3 is 2.64 bits per heavy atom. The lowest BCUT2D eigenvalue weighted by Crippen LogP contribution is -2.34. The molecule has 25 heavy (non-hydrogen) atoms. The molecule has 2 N–H and O–H groups in total. The number of amides is 1. The van der Waals surface area contributed by atoms with Crippen molar-refractivity contribution in [3.63, 3.8) is 0 Å². The highest BCUT2D eigenvalue weighted by atomic mass is 79.9. The first-order chi connectivity index (χ1) is 12.0. The van der Waals surface area contributed by atoms with Crippen LogP contribution in [0, 0.1) is 5.82 Å². The highest BCUT2D eigenvalue weighted by Crippen LogP contribution is 2.20. The predicted octanol–water partition coefficient (Wildman–Crippen LogP) is 4.19. The van der Waals surface area contributed by atoms with Crippen LogP contribution in [-0.2, 0) is 4.79 Å². The zero-order valence-corrected chi connectivity index (χ0v) is 15.7. The summed E-state index contributed by atoms with van der Waals surface area (Å²) in [5, 5.41) is 12.5. The summed E-state index contributed by atoms with van der Waals surface area (Å²) in [4.78, 5) is 14.1. The smallest absolute Gasteiger partial charge is 0.226 e. The van der Waals surface area contributed by atoms with E-state index in [2.05, 4.69) is 21.2 Å². The normalized spacial score (nSPS) is 11.8. The summed E-state index contributed by atoms with van der Waals surface area (Å²) in [5.41, 5.74) is 1.10. The zero-order valence-electron chi connectivity index (χ0n) is 14.1. The number of carbonyl (C=O) groups is 1. The average Bonchev–Trinajstić information content (AvgIpc) is 2.61. The van der Waals surface area contributed by atoms with Crippen LogP contribution in [-0.4, -0.2) is 30.2 Å². The number of nitrogens with zero attached hydrogens (tertiary/aromatic N) is 1. The Hall–Kier alpha value is -1.92. The molecule has 2 aromatic rings. The van der Waals surface area contributed by atoms with Gasteiger partial charge in [0, 0.05) is 29.7 Å². The van der Waals surface area contributed by atoms with Gasteiger partial charge in [0.25, 0.3) is 0 Å². The summed E-state index contributed by atoms with van der Waals surface area (Å²) in [6, 6.07) is 14.1. The fourth-order valence-electron chi connectivity index (χ4n) is 2.39. The van der Waals surface area contributed by atoms with Crippen LogP contribution in [0.15, 0.2) is 53.0 Å². The number of aliphatic hydroxyl groups is 1. The van der Waals surface area contributed by atoms with Crippen molar-refractivity contribution in [1.29, 1.82) is 0 Å². The molecule has 1 amide bonds. The Kier molecular flexibility index (Phi) is 7.40. The number of halogens is 2. The topological polar surface area (TPSA) is 52.6 Å². The minimum absolute atomic E-state index is 0.160. The molecule has 0 fully saturated rings. The van der Waals surface area contributed by atoms with Crippen molar-refractivity contribution >= 4 is 33.2 Å². The third-order valence-corrected chi connectivity index (χ3v) is 4.33. The molecule has 0 heterocycles. The number of rotatable bonds is 8. The van der Waals surface area contributed by atoms with E-state index in [0.29, 0.717) is 24.0 Å². The predicted molar refractivity (Wildman–Crippen MR) is 102 cm³/mol. The Morgan fingerprint density at radius 1 is 1.28 bits per heavy atom. The maximum atomic E-state index is 13.8. The molecule has 6 heteroatoms. The average molecular weight is 409 g/mol. The number of nitrogens with one attached hydrogen (secondary N) is 1. The second kappa shape index (κ2) is 9.53. The number of hydrogen-bond donors (Lipinski definition) is 2. The first-order valence-corrected chi connectivity index (χ1v) is 9.02. The van der Waals surface area contributed by atoms with Gasteiger partial charge in [0.2, 0.25) is 5.91 Å². The molecule has 0 aliphatic heterocycles. The summed E-state index contributed by atoms with van der Waals surface area (Å²) in [7, 11) is 0. The van der Waals surface area contributed by atoms with Crippen molar-refractivity contribution in [2.24, 2.45) is 0 Å². The lowest BCUT2D eigenvalue weighted by atomic mass is 10.2. The standard InChI is InChI=1S/C19H22BrFN2O2/c1-2-16(24)13-23(15-6-4-3-5-7-15)11-10-19(25)22-18-9-8-14(20)12-17(18)21/h3-9,12,16,24H,2,10-11,13H2,1H3,(H,22,25). The Balaban J connectivity index is 1.98. The van der Waals surface area contributed by atoms with Crippen molar-refractivity contribution in [3.8, 4) is 0 Å². The second-order valence-corrected chi connectivity index (χ2v) is 6.68. The van der Waals surface area contributed by atoms with E-state index < -0.39 is 11.9 Å². The molecule has 1 atom stereocenters. The summed E-state index contributed by atoms with van der Waals surface area (Å²) in [5.74, 6) is -0.753. The quantitative estimate of drug-likeness (QED) is 0.688. The minimum atomic E-state index is -0.482. The minimum Gasteiger partial charge on any atom is -0.391 e. The van der Waals surface area contributed by atoms with Gasteiger partial charge in [0.1, 0.15) is 5.82 Å². The van der Waals surface area contributed by atoms with Gasteiger partial charge in [-0.1, -0.05) is 41.1 Å². The molecule has 0 bridgehead atoms. The van der Waals surface area contributed by atoms with Gasteiger partial charge in [0.15, 0.2) is 0 Å². The summed E-state index contributed by atoms with van der Waals surface area (Å²) < 4.78 is 14.4. The van der Waals surface area contributed by atoms with Crippen LogP contribution < -0.4 is 10.2 Å². The Bertz CT molecular complexity index is 697. The highest BCUT2D eigenvalue weighted by Gasteiger charge is 2.14. The number of anilines is 2. The van der Waals surface area contributed by atoms with E-state index in [4.69, 9.17) is 0 Å². The molecule has 0 saturated heterocycles. The van der Waals surface area contributed by atoms with Gasteiger partial charge in [-0.15, -0.1) is 0 Å². The van der Waals surface area contributed by atoms with Crippen molar-refractivity contribution in [3.05, 3.63) is 58.8 Å². The van der Waals surface area contributed by atoms with Crippen LogP contribution in [0.2, 0.25) is 0 Å². The van der Waals surface area contributed by atoms with E-state index in [9.17, 15) is 14.3 Å². The first-order valence-electron chi connectivity index (χ1n) is 8.22. The molecular formula is C19H22BrFN2O2. The molecule has 2 aromatic carbocycles. The van der Waals surface area contributed by atoms with Crippen molar-refractivity contribution < 1.29 is 14.3 Å². The SMILES string of the molecule is CCC(O)CN(CCC(=O)Nc1ccc(Br)cc1F)c1ccccc1. The van der Waals surface area contributed by atoms with Crippen LogP contribution in [0.3, 0.4) is 0 Å². The van der Waals surface area contributed by atoms with Crippen LogP contribution in [0.1, 0.15) is 19.8 Å². The third kappa shape index (κ3) is 6.14. The maximum Gasteiger partial charge on any atom is 0.226 e. The molecule has 1 unspecified atom stereocenters. The van der Waals surface area contributed by atoms with Gasteiger partial charge in [-0.3, -0.25) is 4.79 Å². The van der Waals surface area contributed by atoms with Gasteiger partial charge < -0.3 is 15.3 Å². The molecule has 0 spiro atoms. The number of hydrogen-bond acceptors (Lipinski definition) is 3. The van der Waals surface area contributed by atoms with Crippen LogP contribution >= 0.6 is 15.9 Å². The maximum absolute atomic E-state index is 13.8. The Labute approximate surface area is 155 Å². The van der Waals surface area contributed by atoms with E-state index in [1.54, 1.807) is 6.07 Å². The summed E-state index contributed by atoms with van der Waals surface area (Å²) in [6.45, 7) is 2.79. The molecular weight excluding hydrogens is 387 g/mol. The Morgan fingerprint density at radius 2 is 2.00 bits per heavy atom. The van der Waals surface area contributed by atoms with Crippen LogP contribution in [0.25, 0.3) is 0 Å². The van der Waals surface area contributed by atoms with Crippen LogP contribution in [0.5, 0.6) is 0 Å². The van der Waals surface area contributed by atoms with Gasteiger partial charge in [-0.25, -0.2) is 4.39 Å².